The van der Waals surface area contributed by atoms with Gasteiger partial charge in [-0.05, 0) is 30.7 Å². The Bertz CT molecular complexity index is 670. The first-order valence-electron chi connectivity index (χ1n) is 6.18. The van der Waals surface area contributed by atoms with Crippen molar-refractivity contribution in [1.29, 1.82) is 0 Å². The highest BCUT2D eigenvalue weighted by Crippen LogP contribution is 2.20. The lowest BCUT2D eigenvalue weighted by atomic mass is 10.1. The molecule has 0 radical (unpaired) electrons. The average Bonchev–Trinajstić information content (AvgIpc) is 2.48. The number of esters is 1. The Kier molecular flexibility index (Phi) is 4.27. The number of rotatable bonds is 4. The van der Waals surface area contributed by atoms with Crippen LogP contribution in [0.15, 0.2) is 48.5 Å². The number of halogens is 1. The molecule has 2 aromatic carbocycles. The topological polar surface area (TPSA) is 69.4 Å². The standard InChI is InChI=1S/C15H12FNO4/c1-10(11-5-7-13(16)8-6-11)21-15(18)12-3-2-4-14(9-12)17(19)20/h2-10H,1H3/t10-/m0/s1. The monoisotopic (exact) mass is 289 g/mol. The van der Waals surface area contributed by atoms with Crippen molar-refractivity contribution >= 4 is 11.7 Å². The molecule has 2 rings (SSSR count). The first kappa shape index (κ1) is 14.6. The molecule has 0 fully saturated rings. The molecule has 0 saturated heterocycles. The maximum Gasteiger partial charge on any atom is 0.338 e. The highest BCUT2D eigenvalue weighted by atomic mass is 19.1. The predicted octanol–water partition coefficient (Wildman–Crippen LogP) is 3.65. The number of benzene rings is 2. The molecule has 0 unspecified atom stereocenters. The summed E-state index contributed by atoms with van der Waals surface area (Å²) >= 11 is 0. The van der Waals surface area contributed by atoms with Crippen molar-refractivity contribution in [2.24, 2.45) is 0 Å². The zero-order valence-electron chi connectivity index (χ0n) is 11.2. The molecular weight excluding hydrogens is 277 g/mol. The molecular formula is C15H12FNO4. The fraction of sp³-hybridized carbons (Fsp3) is 0.133. The van der Waals surface area contributed by atoms with Gasteiger partial charge in [-0.1, -0.05) is 18.2 Å². The molecule has 21 heavy (non-hydrogen) atoms. The number of hydrogen-bond donors (Lipinski definition) is 0. The molecule has 5 nitrogen and oxygen atoms in total. The summed E-state index contributed by atoms with van der Waals surface area (Å²) in [7, 11) is 0. The lowest BCUT2D eigenvalue weighted by molar-refractivity contribution is -0.384. The van der Waals surface area contributed by atoms with E-state index in [1.54, 1.807) is 6.92 Å². The van der Waals surface area contributed by atoms with E-state index in [2.05, 4.69) is 0 Å². The number of hydrogen-bond acceptors (Lipinski definition) is 4. The van der Waals surface area contributed by atoms with Crippen LogP contribution < -0.4 is 0 Å². The smallest absolute Gasteiger partial charge is 0.338 e. The summed E-state index contributed by atoms with van der Waals surface area (Å²) in [6.45, 7) is 1.64. The largest absolute Gasteiger partial charge is 0.454 e. The molecule has 0 aliphatic heterocycles. The summed E-state index contributed by atoms with van der Waals surface area (Å²) in [6, 6.07) is 10.9. The number of nitrogens with zero attached hydrogens (tertiary/aromatic N) is 1. The summed E-state index contributed by atoms with van der Waals surface area (Å²) in [6.07, 6.45) is -0.586. The van der Waals surface area contributed by atoms with E-state index in [1.807, 2.05) is 0 Å². The third-order valence-corrected chi connectivity index (χ3v) is 2.92. The third-order valence-electron chi connectivity index (χ3n) is 2.92. The minimum atomic E-state index is -0.671. The number of non-ortho nitro benzene ring substituents is 1. The predicted molar refractivity (Wildman–Crippen MR) is 73.3 cm³/mol. The van der Waals surface area contributed by atoms with Crippen molar-refractivity contribution in [2.75, 3.05) is 0 Å². The van der Waals surface area contributed by atoms with E-state index in [1.165, 1.54) is 42.5 Å². The Labute approximate surface area is 120 Å². The molecule has 0 bridgehead atoms. The fourth-order valence-corrected chi connectivity index (χ4v) is 1.78. The van der Waals surface area contributed by atoms with Crippen LogP contribution in [0.4, 0.5) is 10.1 Å². The third kappa shape index (κ3) is 3.62. The molecule has 0 spiro atoms. The van der Waals surface area contributed by atoms with Gasteiger partial charge in [0.15, 0.2) is 0 Å². The first-order chi connectivity index (χ1) is 9.97. The van der Waals surface area contributed by atoms with Gasteiger partial charge in [-0.3, -0.25) is 10.1 Å². The van der Waals surface area contributed by atoms with E-state index in [0.29, 0.717) is 5.56 Å². The summed E-state index contributed by atoms with van der Waals surface area (Å²) in [5.74, 6) is -1.05. The van der Waals surface area contributed by atoms with E-state index in [-0.39, 0.29) is 17.1 Å². The lowest BCUT2D eigenvalue weighted by Crippen LogP contribution is -2.09. The molecule has 108 valence electrons. The van der Waals surface area contributed by atoms with Crippen molar-refractivity contribution in [3.63, 3.8) is 0 Å². The fourth-order valence-electron chi connectivity index (χ4n) is 1.78. The van der Waals surface area contributed by atoms with Gasteiger partial charge in [0.05, 0.1) is 10.5 Å². The van der Waals surface area contributed by atoms with Crippen LogP contribution in [0.5, 0.6) is 0 Å². The molecule has 6 heteroatoms. The maximum atomic E-state index is 12.8. The molecule has 0 amide bonds. The van der Waals surface area contributed by atoms with Gasteiger partial charge in [-0.15, -0.1) is 0 Å². The highest BCUT2D eigenvalue weighted by Gasteiger charge is 2.16. The van der Waals surface area contributed by atoms with E-state index in [4.69, 9.17) is 4.74 Å². The molecule has 0 heterocycles. The molecule has 0 saturated carbocycles. The zero-order chi connectivity index (χ0) is 15.4. The van der Waals surface area contributed by atoms with E-state index >= 15 is 0 Å². The Balaban J connectivity index is 2.12. The van der Waals surface area contributed by atoms with Gasteiger partial charge < -0.3 is 4.74 Å². The highest BCUT2D eigenvalue weighted by molar-refractivity contribution is 5.90. The van der Waals surface area contributed by atoms with Crippen LogP contribution in [0.1, 0.15) is 28.9 Å². The van der Waals surface area contributed by atoms with Crippen molar-refractivity contribution < 1.29 is 18.8 Å². The van der Waals surface area contributed by atoms with Crippen molar-refractivity contribution in [3.05, 3.63) is 75.6 Å². The molecule has 1 atom stereocenters. The second-order valence-electron chi connectivity index (χ2n) is 4.41. The van der Waals surface area contributed by atoms with Crippen LogP contribution >= 0.6 is 0 Å². The van der Waals surface area contributed by atoms with Gasteiger partial charge in [-0.2, -0.15) is 0 Å². The van der Waals surface area contributed by atoms with Crippen molar-refractivity contribution in [1.82, 2.24) is 0 Å². The van der Waals surface area contributed by atoms with Gasteiger partial charge in [0, 0.05) is 12.1 Å². The van der Waals surface area contributed by atoms with Gasteiger partial charge >= 0.3 is 5.97 Å². The normalized spacial score (nSPS) is 11.7. The maximum absolute atomic E-state index is 12.8. The van der Waals surface area contributed by atoms with Crippen LogP contribution in [0, 0.1) is 15.9 Å². The van der Waals surface area contributed by atoms with E-state index in [0.717, 1.165) is 6.07 Å². The van der Waals surface area contributed by atoms with Crippen molar-refractivity contribution in [2.45, 2.75) is 13.0 Å². The average molecular weight is 289 g/mol. The van der Waals surface area contributed by atoms with E-state index < -0.39 is 17.0 Å². The Morgan fingerprint density at radius 1 is 1.24 bits per heavy atom. The van der Waals surface area contributed by atoms with Crippen LogP contribution in [-0.2, 0) is 4.74 Å². The number of carbonyl (C=O) groups excluding carboxylic acids is 1. The Morgan fingerprint density at radius 3 is 2.52 bits per heavy atom. The van der Waals surface area contributed by atoms with Gasteiger partial charge in [0.2, 0.25) is 0 Å². The number of ether oxygens (including phenoxy) is 1. The quantitative estimate of drug-likeness (QED) is 0.489. The molecule has 0 aliphatic carbocycles. The second kappa shape index (κ2) is 6.13. The number of nitro benzene ring substituents is 1. The van der Waals surface area contributed by atoms with E-state index in [9.17, 15) is 19.3 Å². The summed E-state index contributed by atoms with van der Waals surface area (Å²) < 4.78 is 18.0. The molecule has 0 N–H and O–H groups in total. The van der Waals surface area contributed by atoms with Crippen LogP contribution in [0.3, 0.4) is 0 Å². The van der Waals surface area contributed by atoms with Crippen LogP contribution in [-0.4, -0.2) is 10.9 Å². The molecule has 0 aliphatic rings. The van der Waals surface area contributed by atoms with Gasteiger partial charge in [0.1, 0.15) is 11.9 Å². The van der Waals surface area contributed by atoms with Gasteiger partial charge in [0.25, 0.3) is 5.69 Å². The summed E-state index contributed by atoms with van der Waals surface area (Å²) in [4.78, 5) is 22.0. The minimum Gasteiger partial charge on any atom is -0.454 e. The Hall–Kier alpha value is -2.76. The summed E-state index contributed by atoms with van der Waals surface area (Å²) in [5.41, 5.74) is 0.548. The van der Waals surface area contributed by atoms with Crippen molar-refractivity contribution in [3.8, 4) is 0 Å². The SMILES string of the molecule is C[C@H](OC(=O)c1cccc([N+](=O)[O-])c1)c1ccc(F)cc1. The molecule has 0 aromatic heterocycles. The van der Waals surface area contributed by atoms with Gasteiger partial charge in [-0.25, -0.2) is 9.18 Å². The molecule has 2 aromatic rings. The van der Waals surface area contributed by atoms with Crippen LogP contribution in [0.2, 0.25) is 0 Å². The minimum absolute atomic E-state index is 0.0955. The zero-order valence-corrected chi connectivity index (χ0v) is 11.2. The lowest BCUT2D eigenvalue weighted by Gasteiger charge is -2.13. The second-order valence-corrected chi connectivity index (χ2v) is 4.41. The van der Waals surface area contributed by atoms with Crippen LogP contribution in [0.25, 0.3) is 0 Å². The first-order valence-corrected chi connectivity index (χ1v) is 6.18. The Morgan fingerprint density at radius 2 is 1.90 bits per heavy atom. The number of nitro groups is 1. The summed E-state index contributed by atoms with van der Waals surface area (Å²) in [5, 5.41) is 10.7. The number of carbonyl (C=O) groups is 1.